The predicted octanol–water partition coefficient (Wildman–Crippen LogP) is 3.37. The molecular weight excluding hydrogens is 583 g/mol. The van der Waals surface area contributed by atoms with E-state index in [0.29, 0.717) is 11.4 Å². The Bertz CT molecular complexity index is 469. The molecule has 0 bridgehead atoms. The zero-order valence-electron chi connectivity index (χ0n) is 8.42. The number of carboxylic acid groups (broad SMARTS) is 2. The lowest BCUT2D eigenvalue weighted by Gasteiger charge is -2.15. The zero-order chi connectivity index (χ0) is 13.9. The number of anilines is 3. The highest BCUT2D eigenvalue weighted by Gasteiger charge is 2.25. The van der Waals surface area contributed by atoms with Gasteiger partial charge in [-0.25, -0.2) is 9.59 Å². The first-order valence-electron chi connectivity index (χ1n) is 4.25. The van der Waals surface area contributed by atoms with E-state index in [1.807, 2.05) is 0 Å². The second-order valence-electron chi connectivity index (χ2n) is 2.99. The summed E-state index contributed by atoms with van der Waals surface area (Å²) in [4.78, 5) is 22.5. The molecule has 1 rings (SSSR count). The summed E-state index contributed by atoms with van der Waals surface area (Å²) < 4.78 is 8.00. The Morgan fingerprint density at radius 1 is 0.889 bits per heavy atom. The van der Waals surface area contributed by atoms with E-state index < -0.39 is 11.9 Å². The van der Waals surface area contributed by atoms with Crippen molar-refractivity contribution >= 4 is 97.6 Å². The number of carboxylic acids is 2. The van der Waals surface area contributed by atoms with Crippen molar-refractivity contribution in [2.45, 2.75) is 0 Å². The molecule has 0 heterocycles. The van der Waals surface area contributed by atoms with Gasteiger partial charge in [0.05, 0.1) is 85.7 Å². The van der Waals surface area contributed by atoms with E-state index in [4.69, 9.17) is 0 Å². The van der Waals surface area contributed by atoms with Crippen LogP contribution < -0.4 is 10.6 Å². The first kappa shape index (κ1) is 15.8. The van der Waals surface area contributed by atoms with Gasteiger partial charge >= 0.3 is 11.9 Å². The summed E-state index contributed by atoms with van der Waals surface area (Å²) in [6, 6.07) is 1.43. The third-order valence-electron chi connectivity index (χ3n) is 2.05. The lowest BCUT2D eigenvalue weighted by molar-refractivity contribution is 0.0696. The third-order valence-corrected chi connectivity index (χ3v) is 3.75. The van der Waals surface area contributed by atoms with Crippen molar-refractivity contribution < 1.29 is 19.8 Å². The van der Waals surface area contributed by atoms with E-state index in [-0.39, 0.29) is 16.8 Å². The predicted molar refractivity (Wildman–Crippen MR) is 93.3 cm³/mol. The van der Waals surface area contributed by atoms with Crippen molar-refractivity contribution in [3.63, 3.8) is 0 Å². The summed E-state index contributed by atoms with van der Waals surface area (Å²) in [5.74, 6) is -2.42. The van der Waals surface area contributed by atoms with Crippen LogP contribution in [0.15, 0.2) is 6.07 Å². The smallest absolute Gasteiger partial charge is 0.340 e. The summed E-state index contributed by atoms with van der Waals surface area (Å²) in [5, 5.41) is 18.4. The number of hydrogen-bond acceptors (Lipinski definition) is 5. The molecule has 18 heavy (non-hydrogen) atoms. The van der Waals surface area contributed by atoms with E-state index in [1.54, 1.807) is 68.6 Å². The van der Waals surface area contributed by atoms with Crippen LogP contribution in [0.5, 0.6) is 0 Å². The number of hydrogen-bond donors (Lipinski definition) is 5. The van der Waals surface area contributed by atoms with Crippen molar-refractivity contribution in [3.8, 4) is 0 Å². The molecule has 98 valence electrons. The molecule has 7 nitrogen and oxygen atoms in total. The molecule has 1 aromatic rings. The number of halogens is 3. The Kier molecular flexibility index (Phi) is 5.96. The van der Waals surface area contributed by atoms with Gasteiger partial charge in [-0.15, -0.1) is 0 Å². The average molecular weight is 589 g/mol. The molecule has 0 unspecified atom stereocenters. The van der Waals surface area contributed by atoms with Crippen LogP contribution in [0.3, 0.4) is 0 Å². The number of nitrogens with one attached hydrogen (secondary N) is 3. The van der Waals surface area contributed by atoms with Gasteiger partial charge in [0.2, 0.25) is 0 Å². The van der Waals surface area contributed by atoms with Gasteiger partial charge in [0.25, 0.3) is 0 Å². The first-order chi connectivity index (χ1) is 8.47. The molecule has 1 aromatic carbocycles. The summed E-state index contributed by atoms with van der Waals surface area (Å²) in [6.07, 6.45) is 0. The molecule has 0 spiro atoms. The maximum atomic E-state index is 11.2. The second-order valence-corrected chi connectivity index (χ2v) is 4.61. The highest BCUT2D eigenvalue weighted by molar-refractivity contribution is 14.1. The standard InChI is InChI=1S/C8H6I3N3O4/c9-12-2-1-3(13-10)5(8(17)18)6(14-11)4(2)7(15)16/h1,12-14H,(H,15,16)(H,17,18). The SMILES string of the molecule is O=C(O)c1c(NI)cc(NI)c(C(=O)O)c1NI. The fourth-order valence-corrected chi connectivity index (χ4v) is 2.76. The minimum atomic E-state index is -1.21. The van der Waals surface area contributed by atoms with Crippen molar-refractivity contribution in [2.24, 2.45) is 0 Å². The zero-order valence-corrected chi connectivity index (χ0v) is 14.9. The van der Waals surface area contributed by atoms with E-state index in [2.05, 4.69) is 10.6 Å². The normalized spacial score (nSPS) is 9.72. The fraction of sp³-hybridized carbons (Fsp3) is 0. The lowest BCUT2D eigenvalue weighted by atomic mass is 10.0. The Labute approximate surface area is 144 Å². The number of carbonyl (C=O) groups is 2. The summed E-state index contributed by atoms with van der Waals surface area (Å²) in [6.45, 7) is 0. The molecule has 10 heteroatoms. The molecular formula is C8H6I3N3O4. The monoisotopic (exact) mass is 589 g/mol. The van der Waals surface area contributed by atoms with Gasteiger partial charge in [-0.3, -0.25) is 0 Å². The molecule has 0 aliphatic heterocycles. The van der Waals surface area contributed by atoms with Crippen molar-refractivity contribution in [2.75, 3.05) is 10.6 Å². The third kappa shape index (κ3) is 3.01. The minimum Gasteiger partial charge on any atom is -0.478 e. The molecule has 0 saturated heterocycles. The topological polar surface area (TPSA) is 111 Å². The van der Waals surface area contributed by atoms with E-state index >= 15 is 0 Å². The van der Waals surface area contributed by atoms with Gasteiger partial charge in [-0.1, -0.05) is 0 Å². The van der Waals surface area contributed by atoms with Crippen molar-refractivity contribution in [1.82, 2.24) is 0 Å². The highest BCUT2D eigenvalue weighted by Crippen LogP contribution is 2.37. The van der Waals surface area contributed by atoms with Crippen LogP contribution >= 0.6 is 68.6 Å². The highest BCUT2D eigenvalue weighted by atomic mass is 127. The molecule has 0 saturated carbocycles. The van der Waals surface area contributed by atoms with Crippen LogP contribution in [0.4, 0.5) is 17.1 Å². The van der Waals surface area contributed by atoms with Gasteiger partial charge in [0, 0.05) is 0 Å². The van der Waals surface area contributed by atoms with E-state index in [9.17, 15) is 19.8 Å². The largest absolute Gasteiger partial charge is 0.478 e. The van der Waals surface area contributed by atoms with Gasteiger partial charge in [-0.05, 0) is 6.07 Å². The van der Waals surface area contributed by atoms with Crippen LogP contribution in [0.1, 0.15) is 20.7 Å². The maximum absolute atomic E-state index is 11.2. The summed E-state index contributed by atoms with van der Waals surface area (Å²) >= 11 is 5.27. The second kappa shape index (κ2) is 6.78. The van der Waals surface area contributed by atoms with Crippen LogP contribution in [0.2, 0.25) is 0 Å². The van der Waals surface area contributed by atoms with Crippen LogP contribution in [-0.4, -0.2) is 22.2 Å². The van der Waals surface area contributed by atoms with Crippen molar-refractivity contribution in [3.05, 3.63) is 17.2 Å². The number of aromatic carboxylic acids is 2. The van der Waals surface area contributed by atoms with Crippen molar-refractivity contribution in [1.29, 1.82) is 0 Å². The molecule has 0 atom stereocenters. The molecule has 0 radical (unpaired) electrons. The molecule has 0 amide bonds. The van der Waals surface area contributed by atoms with Gasteiger partial charge in [0.15, 0.2) is 0 Å². The summed E-state index contributed by atoms with van der Waals surface area (Å²) in [5.41, 5.74) is 0.424. The Morgan fingerprint density at radius 3 is 1.50 bits per heavy atom. The Hall–Kier alpha value is -0.250. The average Bonchev–Trinajstić information content (AvgIpc) is 2.35. The quantitative estimate of drug-likeness (QED) is 0.265. The maximum Gasteiger partial charge on any atom is 0.340 e. The number of benzene rings is 1. The Balaban J connectivity index is 3.75. The minimum absolute atomic E-state index is 0.0384. The molecule has 0 aromatic heterocycles. The Morgan fingerprint density at radius 2 is 1.28 bits per heavy atom. The molecule has 0 aliphatic rings. The van der Waals surface area contributed by atoms with E-state index in [1.165, 1.54) is 6.07 Å². The van der Waals surface area contributed by atoms with E-state index in [0.717, 1.165) is 0 Å². The van der Waals surface area contributed by atoms with Crippen LogP contribution in [0.25, 0.3) is 0 Å². The molecule has 0 aliphatic carbocycles. The fourth-order valence-electron chi connectivity index (χ4n) is 1.37. The lowest BCUT2D eigenvalue weighted by Crippen LogP contribution is -2.11. The number of rotatable bonds is 5. The summed E-state index contributed by atoms with van der Waals surface area (Å²) in [7, 11) is 0. The van der Waals surface area contributed by atoms with Gasteiger partial charge in [-0.2, -0.15) is 0 Å². The first-order valence-corrected chi connectivity index (χ1v) is 7.49. The van der Waals surface area contributed by atoms with Crippen LogP contribution in [-0.2, 0) is 0 Å². The van der Waals surface area contributed by atoms with Gasteiger partial charge < -0.3 is 20.8 Å². The molecule has 5 N–H and O–H groups in total. The molecule has 0 fully saturated rings. The van der Waals surface area contributed by atoms with Gasteiger partial charge in [0.1, 0.15) is 11.1 Å². The van der Waals surface area contributed by atoms with Crippen LogP contribution in [0, 0.1) is 0 Å².